The molecule has 0 aromatic heterocycles. The van der Waals surface area contributed by atoms with Gasteiger partial charge in [-0.2, -0.15) is 13.2 Å². The summed E-state index contributed by atoms with van der Waals surface area (Å²) in [5.74, 6) is 0. The number of aryl methyl sites for hydroxylation is 1. The molecule has 0 bridgehead atoms. The Kier molecular flexibility index (Phi) is 5.82. The monoisotopic (exact) mass is 275 g/mol. The van der Waals surface area contributed by atoms with Gasteiger partial charge in [0.2, 0.25) is 0 Å². The fraction of sp³-hybridized carbons (Fsp3) is 0.571. The first kappa shape index (κ1) is 16.0. The van der Waals surface area contributed by atoms with Crippen LogP contribution in [0.4, 0.5) is 13.2 Å². The van der Waals surface area contributed by atoms with E-state index < -0.39 is 18.8 Å². The molecule has 1 aromatic carbocycles. The number of halogens is 3. The van der Waals surface area contributed by atoms with Crippen molar-refractivity contribution >= 4 is 0 Å². The molecule has 1 aromatic rings. The number of rotatable bonds is 6. The molecule has 0 heterocycles. The molecule has 2 atom stereocenters. The first-order chi connectivity index (χ1) is 8.88. The van der Waals surface area contributed by atoms with E-state index in [1.165, 1.54) is 5.56 Å². The summed E-state index contributed by atoms with van der Waals surface area (Å²) in [5, 5.41) is 11.7. The summed E-state index contributed by atoms with van der Waals surface area (Å²) in [5.41, 5.74) is 2.13. The highest BCUT2D eigenvalue weighted by Gasteiger charge is 2.38. The molecule has 0 saturated heterocycles. The minimum atomic E-state index is -4.57. The summed E-state index contributed by atoms with van der Waals surface area (Å²) in [6.07, 6.45) is -5.30. The second kappa shape index (κ2) is 6.91. The average Bonchev–Trinajstić information content (AvgIpc) is 2.38. The third-order valence-corrected chi connectivity index (χ3v) is 3.13. The van der Waals surface area contributed by atoms with Gasteiger partial charge in [-0.25, -0.2) is 0 Å². The Bertz CT molecular complexity index is 375. The molecule has 0 aliphatic heterocycles. The summed E-state index contributed by atoms with van der Waals surface area (Å²) in [4.78, 5) is 0. The van der Waals surface area contributed by atoms with E-state index in [1.54, 1.807) is 0 Å². The lowest BCUT2D eigenvalue weighted by molar-refractivity contribution is -0.202. The van der Waals surface area contributed by atoms with Crippen LogP contribution in [0.2, 0.25) is 0 Å². The van der Waals surface area contributed by atoms with Crippen molar-refractivity contribution in [3.8, 4) is 0 Å². The molecule has 108 valence electrons. The second-order valence-corrected chi connectivity index (χ2v) is 4.52. The lowest BCUT2D eigenvalue weighted by atomic mass is 10.0. The average molecular weight is 275 g/mol. The van der Waals surface area contributed by atoms with Crippen LogP contribution in [-0.2, 0) is 6.42 Å². The largest absolute Gasteiger partial charge is 0.415 e. The second-order valence-electron chi connectivity index (χ2n) is 4.52. The van der Waals surface area contributed by atoms with Crippen LogP contribution >= 0.6 is 0 Å². The van der Waals surface area contributed by atoms with Gasteiger partial charge in [0.25, 0.3) is 0 Å². The maximum Gasteiger partial charge on any atom is 0.415 e. The van der Waals surface area contributed by atoms with Crippen molar-refractivity contribution in [1.29, 1.82) is 0 Å². The maximum atomic E-state index is 12.2. The Labute approximate surface area is 111 Å². The van der Waals surface area contributed by atoms with E-state index in [0.29, 0.717) is 6.42 Å². The van der Waals surface area contributed by atoms with Gasteiger partial charge in [0, 0.05) is 12.6 Å². The Balaban J connectivity index is 2.62. The van der Waals surface area contributed by atoms with Gasteiger partial charge in [-0.3, -0.25) is 0 Å². The van der Waals surface area contributed by atoms with E-state index in [9.17, 15) is 13.2 Å². The van der Waals surface area contributed by atoms with Crippen molar-refractivity contribution in [3.05, 3.63) is 35.4 Å². The fourth-order valence-corrected chi connectivity index (χ4v) is 1.85. The van der Waals surface area contributed by atoms with Crippen LogP contribution in [0.15, 0.2) is 24.3 Å². The van der Waals surface area contributed by atoms with Gasteiger partial charge < -0.3 is 10.4 Å². The van der Waals surface area contributed by atoms with Gasteiger partial charge in [0.05, 0.1) is 0 Å². The van der Waals surface area contributed by atoms with Crippen molar-refractivity contribution in [2.45, 2.75) is 45.0 Å². The van der Waals surface area contributed by atoms with Crippen molar-refractivity contribution in [3.63, 3.8) is 0 Å². The molecule has 2 N–H and O–H groups in total. The van der Waals surface area contributed by atoms with Crippen LogP contribution in [0.3, 0.4) is 0 Å². The minimum Gasteiger partial charge on any atom is -0.382 e. The van der Waals surface area contributed by atoms with Gasteiger partial charge >= 0.3 is 6.18 Å². The van der Waals surface area contributed by atoms with Crippen LogP contribution in [0.5, 0.6) is 0 Å². The Morgan fingerprint density at radius 2 is 1.74 bits per heavy atom. The molecule has 0 spiro atoms. The number of benzene rings is 1. The van der Waals surface area contributed by atoms with Crippen LogP contribution in [-0.4, -0.2) is 23.9 Å². The number of hydrogen-bond donors (Lipinski definition) is 2. The number of aliphatic hydroxyl groups excluding tert-OH is 1. The third-order valence-electron chi connectivity index (χ3n) is 3.13. The number of alkyl halides is 3. The van der Waals surface area contributed by atoms with E-state index >= 15 is 0 Å². The molecule has 1 rings (SSSR count). The molecule has 0 aliphatic rings. The molecule has 19 heavy (non-hydrogen) atoms. The topological polar surface area (TPSA) is 32.3 Å². The number of hydrogen-bond acceptors (Lipinski definition) is 2. The predicted molar refractivity (Wildman–Crippen MR) is 68.9 cm³/mol. The van der Waals surface area contributed by atoms with Crippen LogP contribution in [0.25, 0.3) is 0 Å². The summed E-state index contributed by atoms with van der Waals surface area (Å²) < 4.78 is 36.6. The van der Waals surface area contributed by atoms with E-state index in [2.05, 4.69) is 5.32 Å². The van der Waals surface area contributed by atoms with E-state index in [0.717, 1.165) is 12.0 Å². The van der Waals surface area contributed by atoms with Crippen molar-refractivity contribution in [2.75, 3.05) is 6.54 Å². The smallest absolute Gasteiger partial charge is 0.382 e. The highest BCUT2D eigenvalue weighted by Crippen LogP contribution is 2.22. The fourth-order valence-electron chi connectivity index (χ4n) is 1.85. The van der Waals surface area contributed by atoms with Gasteiger partial charge in [-0.15, -0.1) is 0 Å². The van der Waals surface area contributed by atoms with Gasteiger partial charge in [-0.1, -0.05) is 38.1 Å². The maximum absolute atomic E-state index is 12.2. The summed E-state index contributed by atoms with van der Waals surface area (Å²) in [6, 6.07) is 7.60. The van der Waals surface area contributed by atoms with Crippen LogP contribution < -0.4 is 5.32 Å². The molecule has 2 unspecified atom stereocenters. The summed E-state index contributed by atoms with van der Waals surface area (Å²) in [7, 11) is 0. The highest BCUT2D eigenvalue weighted by molar-refractivity contribution is 5.25. The number of aliphatic hydroxyl groups is 1. The molecule has 5 heteroatoms. The van der Waals surface area contributed by atoms with E-state index in [1.807, 2.05) is 38.1 Å². The molecule has 0 fully saturated rings. The van der Waals surface area contributed by atoms with Crippen LogP contribution in [0.1, 0.15) is 37.4 Å². The van der Waals surface area contributed by atoms with Gasteiger partial charge in [0.1, 0.15) is 0 Å². The third kappa shape index (κ3) is 4.84. The normalized spacial score (nSPS) is 15.3. The zero-order valence-electron chi connectivity index (χ0n) is 11.2. The quantitative estimate of drug-likeness (QED) is 0.835. The Hall–Kier alpha value is -1.07. The molecule has 0 radical (unpaired) electrons. The lowest BCUT2D eigenvalue weighted by Gasteiger charge is -2.21. The van der Waals surface area contributed by atoms with Gasteiger partial charge in [0.15, 0.2) is 6.10 Å². The molecule has 2 nitrogen and oxygen atoms in total. The Morgan fingerprint density at radius 1 is 1.16 bits per heavy atom. The van der Waals surface area contributed by atoms with E-state index in [-0.39, 0.29) is 6.04 Å². The molecule has 0 amide bonds. The zero-order chi connectivity index (χ0) is 14.5. The van der Waals surface area contributed by atoms with Crippen molar-refractivity contribution in [2.24, 2.45) is 0 Å². The standard InChI is InChI=1S/C14H20F3NO/c1-3-10-5-7-11(8-6-10)12(4-2)18-9-13(19)14(15,16)17/h5-8,12-13,18-19H,3-4,9H2,1-2H3. The zero-order valence-corrected chi connectivity index (χ0v) is 11.2. The molecular formula is C14H20F3NO. The Morgan fingerprint density at radius 3 is 2.16 bits per heavy atom. The molecular weight excluding hydrogens is 255 g/mol. The van der Waals surface area contributed by atoms with Crippen molar-refractivity contribution < 1.29 is 18.3 Å². The SMILES string of the molecule is CCc1ccc(C(CC)NCC(O)C(F)(F)F)cc1. The first-order valence-electron chi connectivity index (χ1n) is 6.45. The highest BCUT2D eigenvalue weighted by atomic mass is 19.4. The van der Waals surface area contributed by atoms with Crippen molar-refractivity contribution in [1.82, 2.24) is 5.32 Å². The minimum absolute atomic E-state index is 0.178. The molecule has 0 aliphatic carbocycles. The molecule has 0 saturated carbocycles. The van der Waals surface area contributed by atoms with Gasteiger partial charge in [-0.05, 0) is 24.0 Å². The summed E-state index contributed by atoms with van der Waals surface area (Å²) >= 11 is 0. The van der Waals surface area contributed by atoms with Crippen LogP contribution in [0, 0.1) is 0 Å². The first-order valence-corrected chi connectivity index (χ1v) is 6.45. The lowest BCUT2D eigenvalue weighted by Crippen LogP contribution is -2.39. The number of nitrogens with one attached hydrogen (secondary N) is 1. The predicted octanol–water partition coefficient (Wildman–Crippen LogP) is 3.21. The van der Waals surface area contributed by atoms with E-state index in [4.69, 9.17) is 5.11 Å². The summed E-state index contributed by atoms with van der Waals surface area (Å²) in [6.45, 7) is 3.45.